The highest BCUT2D eigenvalue weighted by Gasteiger charge is 2.25. The first-order chi connectivity index (χ1) is 8.50. The third kappa shape index (κ3) is 2.30. The predicted octanol–water partition coefficient (Wildman–Crippen LogP) is 0.771. The van der Waals surface area contributed by atoms with Gasteiger partial charge in [0.2, 0.25) is 0 Å². The van der Waals surface area contributed by atoms with Gasteiger partial charge in [-0.25, -0.2) is 0 Å². The number of rotatable bonds is 3. The molecule has 1 aromatic carbocycles. The Morgan fingerprint density at radius 1 is 1.50 bits per heavy atom. The minimum absolute atomic E-state index is 0.0379. The summed E-state index contributed by atoms with van der Waals surface area (Å²) in [5.41, 5.74) is 5.81. The Morgan fingerprint density at radius 3 is 2.83 bits per heavy atom. The summed E-state index contributed by atoms with van der Waals surface area (Å²) < 4.78 is 10.7. The van der Waals surface area contributed by atoms with Gasteiger partial charge in [0.15, 0.2) is 11.5 Å². The van der Waals surface area contributed by atoms with E-state index < -0.39 is 12.0 Å². The second-order valence-electron chi connectivity index (χ2n) is 3.86. The van der Waals surface area contributed by atoms with Crippen LogP contribution in [0.2, 0.25) is 5.02 Å². The van der Waals surface area contributed by atoms with Crippen LogP contribution < -0.4 is 15.2 Å². The summed E-state index contributed by atoms with van der Waals surface area (Å²) in [5.74, 6) is -0.648. The van der Waals surface area contributed by atoms with Crippen molar-refractivity contribution >= 4 is 17.6 Å². The van der Waals surface area contributed by atoms with Crippen LogP contribution in [-0.2, 0) is 11.2 Å². The number of phenolic OH excluding ortho intramolecular Hbond substituents is 1. The summed E-state index contributed by atoms with van der Waals surface area (Å²) >= 11 is 5.94. The van der Waals surface area contributed by atoms with Crippen LogP contribution in [0.5, 0.6) is 17.2 Å². The summed E-state index contributed by atoms with van der Waals surface area (Å²) in [6, 6.07) is 0.214. The van der Waals surface area contributed by atoms with Crippen LogP contribution in [0.1, 0.15) is 5.56 Å². The fraction of sp³-hybridized carbons (Fsp3) is 0.364. The van der Waals surface area contributed by atoms with Gasteiger partial charge in [-0.1, -0.05) is 11.6 Å². The van der Waals surface area contributed by atoms with E-state index in [2.05, 4.69) is 0 Å². The van der Waals surface area contributed by atoms with Crippen molar-refractivity contribution in [1.82, 2.24) is 0 Å². The van der Waals surface area contributed by atoms with Crippen LogP contribution in [0, 0.1) is 0 Å². The van der Waals surface area contributed by atoms with E-state index in [4.69, 9.17) is 31.9 Å². The van der Waals surface area contributed by atoms with Gasteiger partial charge in [-0.05, 0) is 0 Å². The molecule has 7 heteroatoms. The first-order valence-electron chi connectivity index (χ1n) is 5.29. The summed E-state index contributed by atoms with van der Waals surface area (Å²) in [5, 5.41) is 18.5. The van der Waals surface area contributed by atoms with Gasteiger partial charge in [-0.3, -0.25) is 4.79 Å². The van der Waals surface area contributed by atoms with Crippen molar-refractivity contribution in [2.24, 2.45) is 5.73 Å². The standard InChI is InChI=1S/C11H12ClNO5/c12-9-5(3-6(13)11(15)16)10-8(4-7(9)14)17-1-2-18-10/h4,6,14H,1-3,13H2,(H,15,16). The van der Waals surface area contributed by atoms with Crippen LogP contribution in [0.15, 0.2) is 6.07 Å². The van der Waals surface area contributed by atoms with E-state index in [9.17, 15) is 9.90 Å². The molecule has 6 nitrogen and oxygen atoms in total. The van der Waals surface area contributed by atoms with Gasteiger partial charge in [0.05, 0.1) is 5.02 Å². The molecule has 1 atom stereocenters. The average Bonchev–Trinajstić information content (AvgIpc) is 2.34. The number of aliphatic carboxylic acids is 1. The molecule has 0 bridgehead atoms. The third-order valence-corrected chi connectivity index (χ3v) is 3.01. The number of fused-ring (bicyclic) bond motifs is 1. The van der Waals surface area contributed by atoms with Gasteiger partial charge in [-0.15, -0.1) is 0 Å². The number of nitrogens with two attached hydrogens (primary N) is 1. The summed E-state index contributed by atoms with van der Waals surface area (Å²) in [6.07, 6.45) is -0.0474. The van der Waals surface area contributed by atoms with E-state index in [1.807, 2.05) is 0 Å². The summed E-state index contributed by atoms with van der Waals surface area (Å²) in [4.78, 5) is 10.8. The van der Waals surface area contributed by atoms with Crippen molar-refractivity contribution in [1.29, 1.82) is 0 Å². The number of hydrogen-bond donors (Lipinski definition) is 3. The monoisotopic (exact) mass is 273 g/mol. The molecule has 1 aliphatic heterocycles. The maximum absolute atomic E-state index is 10.8. The molecule has 98 valence electrons. The van der Waals surface area contributed by atoms with Gasteiger partial charge in [-0.2, -0.15) is 0 Å². The molecule has 18 heavy (non-hydrogen) atoms. The lowest BCUT2D eigenvalue weighted by atomic mass is 10.0. The third-order valence-electron chi connectivity index (χ3n) is 2.58. The van der Waals surface area contributed by atoms with Crippen LogP contribution in [0.4, 0.5) is 0 Å². The lowest BCUT2D eigenvalue weighted by Gasteiger charge is -2.23. The number of benzene rings is 1. The lowest BCUT2D eigenvalue weighted by Crippen LogP contribution is -2.32. The topological polar surface area (TPSA) is 102 Å². The molecule has 1 aliphatic rings. The number of ether oxygens (including phenoxy) is 2. The fourth-order valence-electron chi connectivity index (χ4n) is 1.71. The first-order valence-corrected chi connectivity index (χ1v) is 5.67. The van der Waals surface area contributed by atoms with Crippen molar-refractivity contribution in [3.8, 4) is 17.2 Å². The zero-order chi connectivity index (χ0) is 13.3. The summed E-state index contributed by atoms with van der Waals surface area (Å²) in [7, 11) is 0. The Kier molecular flexibility index (Phi) is 3.49. The van der Waals surface area contributed by atoms with Crippen molar-refractivity contribution in [3.63, 3.8) is 0 Å². The van der Waals surface area contributed by atoms with Crippen molar-refractivity contribution in [2.45, 2.75) is 12.5 Å². The van der Waals surface area contributed by atoms with Gasteiger partial charge >= 0.3 is 5.97 Å². The number of aromatic hydroxyl groups is 1. The van der Waals surface area contributed by atoms with E-state index in [0.29, 0.717) is 30.3 Å². The Bertz CT molecular complexity index is 491. The van der Waals surface area contributed by atoms with Gasteiger partial charge < -0.3 is 25.4 Å². The van der Waals surface area contributed by atoms with Crippen molar-refractivity contribution in [3.05, 3.63) is 16.7 Å². The fourth-order valence-corrected chi connectivity index (χ4v) is 1.92. The molecule has 0 amide bonds. The second kappa shape index (κ2) is 4.91. The van der Waals surface area contributed by atoms with Crippen LogP contribution >= 0.6 is 11.6 Å². The molecule has 0 saturated heterocycles. The molecule has 0 aromatic heterocycles. The van der Waals surface area contributed by atoms with Gasteiger partial charge in [0.25, 0.3) is 0 Å². The molecular weight excluding hydrogens is 262 g/mol. The highest BCUT2D eigenvalue weighted by atomic mass is 35.5. The second-order valence-corrected chi connectivity index (χ2v) is 4.24. The quantitative estimate of drug-likeness (QED) is 0.752. The number of carbonyl (C=O) groups is 1. The minimum Gasteiger partial charge on any atom is -0.506 e. The SMILES string of the molecule is NC(Cc1c(Cl)c(O)cc2c1OCCO2)C(=O)O. The summed E-state index contributed by atoms with van der Waals surface area (Å²) in [6.45, 7) is 0.696. The molecule has 1 unspecified atom stereocenters. The molecular formula is C11H12ClNO5. The maximum Gasteiger partial charge on any atom is 0.320 e. The largest absolute Gasteiger partial charge is 0.506 e. The van der Waals surface area contributed by atoms with E-state index >= 15 is 0 Å². The highest BCUT2D eigenvalue weighted by Crippen LogP contribution is 2.43. The Labute approximate surface area is 108 Å². The van der Waals surface area contributed by atoms with E-state index in [-0.39, 0.29) is 17.2 Å². The van der Waals surface area contributed by atoms with E-state index in [0.717, 1.165) is 0 Å². The number of phenols is 1. The highest BCUT2D eigenvalue weighted by molar-refractivity contribution is 6.33. The van der Waals surface area contributed by atoms with Crippen LogP contribution in [-0.4, -0.2) is 35.4 Å². The normalized spacial score (nSPS) is 15.2. The molecule has 0 aliphatic carbocycles. The van der Waals surface area contributed by atoms with Crippen LogP contribution in [0.25, 0.3) is 0 Å². The van der Waals surface area contributed by atoms with E-state index in [1.165, 1.54) is 6.07 Å². The first kappa shape index (κ1) is 12.8. The molecule has 1 aromatic rings. The number of hydrogen-bond acceptors (Lipinski definition) is 5. The minimum atomic E-state index is -1.15. The smallest absolute Gasteiger partial charge is 0.320 e. The van der Waals surface area contributed by atoms with Crippen molar-refractivity contribution < 1.29 is 24.5 Å². The van der Waals surface area contributed by atoms with Gasteiger partial charge in [0.1, 0.15) is 25.0 Å². The Hall–Kier alpha value is -1.66. The molecule has 0 fully saturated rings. The van der Waals surface area contributed by atoms with Crippen LogP contribution in [0.3, 0.4) is 0 Å². The molecule has 0 saturated carbocycles. The molecule has 0 radical (unpaired) electrons. The number of halogens is 1. The molecule has 2 rings (SSSR count). The lowest BCUT2D eigenvalue weighted by molar-refractivity contribution is -0.138. The zero-order valence-electron chi connectivity index (χ0n) is 9.35. The molecule has 0 spiro atoms. The molecule has 1 heterocycles. The Morgan fingerprint density at radius 2 is 2.17 bits per heavy atom. The Balaban J connectivity index is 2.43. The zero-order valence-corrected chi connectivity index (χ0v) is 10.1. The van der Waals surface area contributed by atoms with Crippen molar-refractivity contribution in [2.75, 3.05) is 13.2 Å². The van der Waals surface area contributed by atoms with Gasteiger partial charge in [0, 0.05) is 18.1 Å². The average molecular weight is 274 g/mol. The van der Waals surface area contributed by atoms with E-state index in [1.54, 1.807) is 0 Å². The number of carboxylic acids is 1. The predicted molar refractivity (Wildman–Crippen MR) is 63.4 cm³/mol. The molecule has 4 N–H and O–H groups in total. The maximum atomic E-state index is 10.8. The number of carboxylic acid groups (broad SMARTS) is 1.